The fourth-order valence-electron chi connectivity index (χ4n) is 1.72. The molecule has 0 N–H and O–H groups in total. The van der Waals surface area contributed by atoms with Crippen LogP contribution in [-0.4, -0.2) is 28.1 Å². The Kier molecular flexibility index (Phi) is 11.3. The van der Waals surface area contributed by atoms with E-state index < -0.39 is 8.32 Å². The summed E-state index contributed by atoms with van der Waals surface area (Å²) in [6.45, 7) is 14.1. The van der Waals surface area contributed by atoms with Gasteiger partial charge in [-0.3, -0.25) is 0 Å². The molecule has 0 aliphatic rings. The zero-order valence-corrected chi connectivity index (χ0v) is 17.3. The van der Waals surface area contributed by atoms with E-state index in [1.807, 2.05) is 12.2 Å². The number of ether oxygens (including phenoxy) is 1. The van der Waals surface area contributed by atoms with Crippen LogP contribution in [0.25, 0.3) is 0 Å². The molecule has 0 heterocycles. The van der Waals surface area contributed by atoms with Crippen molar-refractivity contribution in [2.75, 3.05) is 13.7 Å². The second-order valence-corrected chi connectivity index (χ2v) is 12.2. The van der Waals surface area contributed by atoms with E-state index >= 15 is 0 Å². The molecule has 1 unspecified atom stereocenters. The van der Waals surface area contributed by atoms with Gasteiger partial charge in [0.05, 0.1) is 12.7 Å². The number of rotatable bonds is 9. The second-order valence-electron chi connectivity index (χ2n) is 7.42. The van der Waals surface area contributed by atoms with Gasteiger partial charge in [0.1, 0.15) is 0 Å². The Hall–Kier alpha value is -0.783. The van der Waals surface area contributed by atoms with E-state index in [9.17, 15) is 0 Å². The van der Waals surface area contributed by atoms with E-state index in [0.29, 0.717) is 6.61 Å². The van der Waals surface area contributed by atoms with Crippen molar-refractivity contribution in [1.29, 1.82) is 0 Å². The number of methoxy groups -OCH3 is 1. The van der Waals surface area contributed by atoms with E-state index in [4.69, 9.17) is 9.16 Å². The summed E-state index contributed by atoms with van der Waals surface area (Å²) in [7, 11) is -0.118. The number of hydrogen-bond donors (Lipinski definition) is 0. The molecule has 0 aromatic rings. The smallest absolute Gasteiger partial charge is 0.192 e. The molecule has 23 heavy (non-hydrogen) atoms. The maximum atomic E-state index is 6.47. The maximum absolute atomic E-state index is 6.47. The van der Waals surface area contributed by atoms with Crippen LogP contribution in [0.5, 0.6) is 0 Å². The van der Waals surface area contributed by atoms with Crippen molar-refractivity contribution < 1.29 is 9.16 Å². The lowest BCUT2D eigenvalue weighted by Crippen LogP contribution is -2.43. The van der Waals surface area contributed by atoms with Crippen LogP contribution < -0.4 is 0 Å². The molecule has 0 aromatic carbocycles. The quantitative estimate of drug-likeness (QED) is 0.232. The minimum absolute atomic E-state index is 0.0164. The third kappa shape index (κ3) is 10.6. The van der Waals surface area contributed by atoms with Crippen LogP contribution in [-0.2, 0) is 9.16 Å². The lowest BCUT2D eigenvalue weighted by atomic mass is 10.2. The van der Waals surface area contributed by atoms with Crippen molar-refractivity contribution in [2.45, 2.75) is 84.0 Å². The molecule has 0 spiro atoms. The molecule has 0 saturated carbocycles. The first-order valence-corrected chi connectivity index (χ1v) is 11.7. The van der Waals surface area contributed by atoms with Crippen molar-refractivity contribution in [2.24, 2.45) is 0 Å². The Morgan fingerprint density at radius 3 is 2.39 bits per heavy atom. The molecular formula is C20H36O2Si. The average molecular weight is 337 g/mol. The average Bonchev–Trinajstić information content (AvgIpc) is 2.45. The standard InChI is InChI=1S/C20H36O2Si/c1-8-9-10-11-12-13-16-19(17-14-15-18-21-5)22-23(6,7)20(2,3)4/h15,17,19H,8-11,16,18H2,1-7H3. The predicted octanol–water partition coefficient (Wildman–Crippen LogP) is 5.71. The summed E-state index contributed by atoms with van der Waals surface area (Å²) >= 11 is 0. The Bertz CT molecular complexity index is 429. The molecule has 0 aliphatic heterocycles. The molecule has 1 atom stereocenters. The molecule has 132 valence electrons. The van der Waals surface area contributed by atoms with Crippen LogP contribution in [0.15, 0.2) is 17.9 Å². The molecule has 0 amide bonds. The topological polar surface area (TPSA) is 18.5 Å². The van der Waals surface area contributed by atoms with E-state index in [1.54, 1.807) is 7.11 Å². The monoisotopic (exact) mass is 336 g/mol. The van der Waals surface area contributed by atoms with Gasteiger partial charge in [-0.05, 0) is 36.7 Å². The summed E-state index contributed by atoms with van der Waals surface area (Å²) in [6, 6.07) is 0. The fourth-order valence-corrected chi connectivity index (χ4v) is 2.98. The second kappa shape index (κ2) is 11.7. The molecule has 0 aliphatic carbocycles. The third-order valence-corrected chi connectivity index (χ3v) is 8.74. The summed E-state index contributed by atoms with van der Waals surface area (Å²) in [6.07, 6.45) is 9.33. The molecule has 0 saturated heterocycles. The first-order valence-electron chi connectivity index (χ1n) is 8.78. The van der Waals surface area contributed by atoms with E-state index in [0.717, 1.165) is 12.8 Å². The van der Waals surface area contributed by atoms with Crippen molar-refractivity contribution in [1.82, 2.24) is 0 Å². The van der Waals surface area contributed by atoms with Gasteiger partial charge in [-0.25, -0.2) is 0 Å². The maximum Gasteiger partial charge on any atom is 0.192 e. The number of unbranched alkanes of at least 4 members (excludes halogenated alkanes) is 3. The zero-order chi connectivity index (χ0) is 17.8. The highest BCUT2D eigenvalue weighted by Gasteiger charge is 2.38. The van der Waals surface area contributed by atoms with Crippen molar-refractivity contribution in [3.63, 3.8) is 0 Å². The molecule has 0 bridgehead atoms. The highest BCUT2D eigenvalue weighted by Crippen LogP contribution is 2.37. The lowest BCUT2D eigenvalue weighted by molar-refractivity contribution is 0.229. The van der Waals surface area contributed by atoms with Gasteiger partial charge < -0.3 is 9.16 Å². The van der Waals surface area contributed by atoms with Crippen LogP contribution in [0.4, 0.5) is 0 Å². The highest BCUT2D eigenvalue weighted by atomic mass is 28.4. The van der Waals surface area contributed by atoms with Crippen LogP contribution in [0.2, 0.25) is 18.1 Å². The summed E-state index contributed by atoms with van der Waals surface area (Å²) in [5.74, 6) is 6.57. The molecule has 0 aromatic heterocycles. The van der Waals surface area contributed by atoms with Crippen molar-refractivity contribution >= 4 is 8.32 Å². The van der Waals surface area contributed by atoms with Gasteiger partial charge in [0.25, 0.3) is 0 Å². The summed E-state index contributed by atoms with van der Waals surface area (Å²) in [5.41, 5.74) is 3.18. The molecule has 3 heteroatoms. The van der Waals surface area contributed by atoms with Crippen LogP contribution in [0, 0.1) is 11.8 Å². The van der Waals surface area contributed by atoms with E-state index in [1.165, 1.54) is 19.3 Å². The zero-order valence-electron chi connectivity index (χ0n) is 16.3. The first-order chi connectivity index (χ1) is 10.7. The molecule has 0 fully saturated rings. The van der Waals surface area contributed by atoms with Crippen molar-refractivity contribution in [3.8, 4) is 11.8 Å². The first kappa shape index (κ1) is 22.2. The highest BCUT2D eigenvalue weighted by molar-refractivity contribution is 6.74. The van der Waals surface area contributed by atoms with Gasteiger partial charge >= 0.3 is 0 Å². The minimum Gasteiger partial charge on any atom is -0.409 e. The number of hydrogen-bond acceptors (Lipinski definition) is 2. The van der Waals surface area contributed by atoms with E-state index in [2.05, 4.69) is 58.4 Å². The largest absolute Gasteiger partial charge is 0.409 e. The predicted molar refractivity (Wildman–Crippen MR) is 103 cm³/mol. The van der Waals surface area contributed by atoms with Gasteiger partial charge in [-0.15, -0.1) is 17.6 Å². The molecule has 2 nitrogen and oxygen atoms in total. The van der Waals surface area contributed by atoms with Gasteiger partial charge in [0.15, 0.2) is 8.32 Å². The summed E-state index contributed by atoms with van der Waals surface area (Å²) < 4.78 is 11.5. The van der Waals surface area contributed by atoms with Gasteiger partial charge in [0.2, 0.25) is 0 Å². The fraction of sp³-hybridized carbons (Fsp3) is 0.750. The van der Waals surface area contributed by atoms with Crippen LogP contribution >= 0.6 is 0 Å². The molecule has 0 rings (SSSR count). The van der Waals surface area contributed by atoms with Crippen LogP contribution in [0.1, 0.15) is 59.8 Å². The Morgan fingerprint density at radius 2 is 1.83 bits per heavy atom. The van der Waals surface area contributed by atoms with Gasteiger partial charge in [-0.1, -0.05) is 40.5 Å². The third-order valence-electron chi connectivity index (χ3n) is 4.24. The van der Waals surface area contributed by atoms with Gasteiger partial charge in [-0.2, -0.15) is 0 Å². The van der Waals surface area contributed by atoms with E-state index in [-0.39, 0.29) is 11.1 Å². The molecule has 0 radical (unpaired) electrons. The summed E-state index contributed by atoms with van der Waals surface area (Å²) in [5, 5.41) is 0.198. The van der Waals surface area contributed by atoms with Gasteiger partial charge in [0, 0.05) is 20.0 Å². The Labute approximate surface area is 145 Å². The van der Waals surface area contributed by atoms with Crippen molar-refractivity contribution in [3.05, 3.63) is 17.9 Å². The minimum atomic E-state index is -1.80. The lowest BCUT2D eigenvalue weighted by Gasteiger charge is -2.38. The summed E-state index contributed by atoms with van der Waals surface area (Å²) in [4.78, 5) is 0. The Morgan fingerprint density at radius 1 is 1.13 bits per heavy atom. The normalized spacial score (nSPS) is 12.8. The van der Waals surface area contributed by atoms with Crippen LogP contribution in [0.3, 0.4) is 0 Å². The molecular weight excluding hydrogens is 300 g/mol. The Balaban J connectivity index is 4.79. The SMILES string of the molecule is CCCCCC#CCC(C=C=CCOC)O[Si](C)(C)C(C)(C)C.